The molecule has 1 aromatic carbocycles. The van der Waals surface area contributed by atoms with Crippen LogP contribution in [0.5, 0.6) is 0 Å². The third-order valence-corrected chi connectivity index (χ3v) is 4.04. The molecule has 1 fully saturated rings. The van der Waals surface area contributed by atoms with Gasteiger partial charge in [0.15, 0.2) is 0 Å². The number of aryl methyl sites for hydroxylation is 1. The molecular formula is C18H22FN3O3. The van der Waals surface area contributed by atoms with Crippen molar-refractivity contribution < 1.29 is 18.4 Å². The van der Waals surface area contributed by atoms with Crippen LogP contribution in [0.4, 0.5) is 10.3 Å². The molecule has 1 N–H and O–H groups in total. The number of carbonyl (C=O) groups is 1. The molecule has 0 unspecified atom stereocenters. The molecule has 0 bridgehead atoms. The summed E-state index contributed by atoms with van der Waals surface area (Å²) in [5.74, 6) is -0.160. The van der Waals surface area contributed by atoms with E-state index in [9.17, 15) is 9.18 Å². The summed E-state index contributed by atoms with van der Waals surface area (Å²) in [6, 6.07) is 8.08. The van der Waals surface area contributed by atoms with E-state index in [4.69, 9.17) is 9.26 Å². The van der Waals surface area contributed by atoms with Crippen molar-refractivity contribution in [3.63, 3.8) is 0 Å². The number of ether oxygens (including phenoxy) is 1. The number of benzene rings is 1. The summed E-state index contributed by atoms with van der Waals surface area (Å²) in [6.07, 6.45) is 2.11. The first-order valence-electron chi connectivity index (χ1n) is 8.40. The Morgan fingerprint density at radius 1 is 1.44 bits per heavy atom. The van der Waals surface area contributed by atoms with Crippen LogP contribution in [0.3, 0.4) is 0 Å². The summed E-state index contributed by atoms with van der Waals surface area (Å²) in [5.41, 5.74) is 1.52. The summed E-state index contributed by atoms with van der Waals surface area (Å²) in [6.45, 7) is 3.80. The fourth-order valence-corrected chi connectivity index (χ4v) is 2.96. The van der Waals surface area contributed by atoms with E-state index < -0.39 is 0 Å². The molecule has 25 heavy (non-hydrogen) atoms. The molecular weight excluding hydrogens is 325 g/mol. The topological polar surface area (TPSA) is 67.6 Å². The van der Waals surface area contributed by atoms with Gasteiger partial charge in [-0.1, -0.05) is 17.3 Å². The van der Waals surface area contributed by atoms with Crippen molar-refractivity contribution in [1.82, 2.24) is 10.1 Å². The van der Waals surface area contributed by atoms with Crippen LogP contribution < -0.4 is 5.32 Å². The number of hydrogen-bond donors (Lipinski definition) is 1. The number of amides is 1. The summed E-state index contributed by atoms with van der Waals surface area (Å²) >= 11 is 0. The molecule has 1 atom stereocenters. The molecule has 1 amide bonds. The summed E-state index contributed by atoms with van der Waals surface area (Å²) in [4.78, 5) is 14.3. The average molecular weight is 347 g/mol. The Labute approximate surface area is 145 Å². The summed E-state index contributed by atoms with van der Waals surface area (Å²) < 4.78 is 24.1. The number of nitrogens with one attached hydrogen (secondary N) is 1. The van der Waals surface area contributed by atoms with Crippen molar-refractivity contribution in [3.8, 4) is 0 Å². The molecule has 134 valence electrons. The first-order chi connectivity index (χ1) is 12.1. The van der Waals surface area contributed by atoms with Crippen LogP contribution in [0.15, 0.2) is 34.9 Å². The smallest absolute Gasteiger partial charge is 0.240 e. The van der Waals surface area contributed by atoms with E-state index in [1.54, 1.807) is 19.1 Å². The molecule has 3 rings (SSSR count). The normalized spacial score (nSPS) is 17.2. The van der Waals surface area contributed by atoms with Crippen LogP contribution in [0, 0.1) is 12.7 Å². The van der Waals surface area contributed by atoms with Crippen molar-refractivity contribution >= 4 is 11.8 Å². The van der Waals surface area contributed by atoms with Crippen LogP contribution in [0.2, 0.25) is 0 Å². The number of carbonyl (C=O) groups excluding carboxylic acids is 1. The van der Waals surface area contributed by atoms with Gasteiger partial charge in [-0.05, 0) is 37.5 Å². The van der Waals surface area contributed by atoms with E-state index in [1.165, 1.54) is 12.1 Å². The zero-order valence-corrected chi connectivity index (χ0v) is 14.2. The molecule has 0 spiro atoms. The predicted molar refractivity (Wildman–Crippen MR) is 90.5 cm³/mol. The van der Waals surface area contributed by atoms with Crippen molar-refractivity contribution in [2.75, 3.05) is 25.0 Å². The van der Waals surface area contributed by atoms with Gasteiger partial charge in [0.25, 0.3) is 0 Å². The molecule has 2 aromatic rings. The van der Waals surface area contributed by atoms with E-state index in [0.29, 0.717) is 24.7 Å². The van der Waals surface area contributed by atoms with E-state index in [2.05, 4.69) is 10.5 Å². The van der Waals surface area contributed by atoms with Gasteiger partial charge in [0.05, 0.1) is 18.3 Å². The first-order valence-corrected chi connectivity index (χ1v) is 8.40. The van der Waals surface area contributed by atoms with E-state index in [-0.39, 0.29) is 24.4 Å². The van der Waals surface area contributed by atoms with Gasteiger partial charge >= 0.3 is 0 Å². The Bertz CT molecular complexity index is 713. The number of rotatable bonds is 7. The Balaban J connectivity index is 1.63. The van der Waals surface area contributed by atoms with Gasteiger partial charge in [-0.3, -0.25) is 15.0 Å². The SMILES string of the molecule is Cc1cc(NC(=O)CN(Cc2cccc(F)c2)C[C@H]2CCCO2)on1. The largest absolute Gasteiger partial charge is 0.377 e. The molecule has 2 heterocycles. The van der Waals surface area contributed by atoms with Gasteiger partial charge in [-0.25, -0.2) is 4.39 Å². The van der Waals surface area contributed by atoms with Gasteiger partial charge in [0, 0.05) is 25.8 Å². The Morgan fingerprint density at radius 3 is 3.00 bits per heavy atom. The third-order valence-electron chi connectivity index (χ3n) is 4.04. The highest BCUT2D eigenvalue weighted by Crippen LogP contribution is 2.16. The van der Waals surface area contributed by atoms with E-state index in [1.807, 2.05) is 11.0 Å². The number of hydrogen-bond acceptors (Lipinski definition) is 5. The number of nitrogens with zero attached hydrogens (tertiary/aromatic N) is 2. The van der Waals surface area contributed by atoms with Crippen LogP contribution in [0.1, 0.15) is 24.1 Å². The van der Waals surface area contributed by atoms with Crippen molar-refractivity contribution in [1.29, 1.82) is 0 Å². The highest BCUT2D eigenvalue weighted by Gasteiger charge is 2.21. The lowest BCUT2D eigenvalue weighted by molar-refractivity contribution is -0.117. The van der Waals surface area contributed by atoms with E-state index in [0.717, 1.165) is 25.0 Å². The fourth-order valence-electron chi connectivity index (χ4n) is 2.96. The zero-order valence-electron chi connectivity index (χ0n) is 14.2. The number of anilines is 1. The monoisotopic (exact) mass is 347 g/mol. The standard InChI is InChI=1S/C18H22FN3O3/c1-13-8-18(25-21-13)20-17(23)12-22(11-16-6-3-7-24-16)10-14-4-2-5-15(19)9-14/h2,4-5,8-9,16H,3,6-7,10-12H2,1H3,(H,20,23)/t16-/m1/s1. The lowest BCUT2D eigenvalue weighted by Crippen LogP contribution is -2.37. The van der Waals surface area contributed by atoms with Crippen molar-refractivity contribution in [3.05, 3.63) is 47.4 Å². The van der Waals surface area contributed by atoms with Gasteiger partial charge in [0.2, 0.25) is 11.8 Å². The quantitative estimate of drug-likeness (QED) is 0.834. The molecule has 1 aliphatic heterocycles. The molecule has 6 nitrogen and oxygen atoms in total. The fraction of sp³-hybridized carbons (Fsp3) is 0.444. The summed E-state index contributed by atoms with van der Waals surface area (Å²) in [5, 5.41) is 6.44. The maximum absolute atomic E-state index is 13.4. The minimum absolute atomic E-state index is 0.105. The molecule has 1 saturated heterocycles. The lowest BCUT2D eigenvalue weighted by atomic mass is 10.1. The summed E-state index contributed by atoms with van der Waals surface area (Å²) in [7, 11) is 0. The van der Waals surface area contributed by atoms with Gasteiger partial charge < -0.3 is 9.26 Å². The second kappa shape index (κ2) is 8.22. The Kier molecular flexibility index (Phi) is 5.78. The second-order valence-electron chi connectivity index (χ2n) is 6.32. The molecule has 0 radical (unpaired) electrons. The van der Waals surface area contributed by atoms with Crippen LogP contribution >= 0.6 is 0 Å². The van der Waals surface area contributed by atoms with Crippen molar-refractivity contribution in [2.24, 2.45) is 0 Å². The molecule has 0 saturated carbocycles. The van der Waals surface area contributed by atoms with Crippen LogP contribution in [-0.4, -0.2) is 41.8 Å². The third kappa shape index (κ3) is 5.37. The Morgan fingerprint density at radius 2 is 2.32 bits per heavy atom. The van der Waals surface area contributed by atoms with Crippen molar-refractivity contribution in [2.45, 2.75) is 32.4 Å². The van der Waals surface area contributed by atoms with Gasteiger partial charge in [-0.2, -0.15) is 0 Å². The Hall–Kier alpha value is -2.25. The highest BCUT2D eigenvalue weighted by molar-refractivity contribution is 5.90. The second-order valence-corrected chi connectivity index (χ2v) is 6.32. The maximum Gasteiger partial charge on any atom is 0.240 e. The minimum Gasteiger partial charge on any atom is -0.377 e. The highest BCUT2D eigenvalue weighted by atomic mass is 19.1. The van der Waals surface area contributed by atoms with E-state index >= 15 is 0 Å². The van der Waals surface area contributed by atoms with Gasteiger partial charge in [-0.15, -0.1) is 0 Å². The molecule has 0 aliphatic carbocycles. The number of halogens is 1. The minimum atomic E-state index is -0.281. The maximum atomic E-state index is 13.4. The average Bonchev–Trinajstić information content (AvgIpc) is 3.19. The molecule has 1 aromatic heterocycles. The lowest BCUT2D eigenvalue weighted by Gasteiger charge is -2.24. The predicted octanol–water partition coefficient (Wildman–Crippen LogP) is 2.74. The van der Waals surface area contributed by atoms with Crippen LogP contribution in [-0.2, 0) is 16.1 Å². The van der Waals surface area contributed by atoms with Crippen LogP contribution in [0.25, 0.3) is 0 Å². The number of aromatic nitrogens is 1. The van der Waals surface area contributed by atoms with Gasteiger partial charge in [0.1, 0.15) is 5.82 Å². The zero-order chi connectivity index (χ0) is 17.6. The molecule has 1 aliphatic rings. The first kappa shape index (κ1) is 17.6. The molecule has 7 heteroatoms.